The Balaban J connectivity index is 1.71. The molecule has 0 radical (unpaired) electrons. The maximum absolute atomic E-state index is 11.0. The summed E-state index contributed by atoms with van der Waals surface area (Å²) in [6.45, 7) is 0. The lowest BCUT2D eigenvalue weighted by molar-refractivity contribution is -0.384. The average molecular weight is 457 g/mol. The molecule has 0 amide bonds. The summed E-state index contributed by atoms with van der Waals surface area (Å²) in [4.78, 5) is 10.5. The Hall–Kier alpha value is -2.87. The van der Waals surface area contributed by atoms with Crippen LogP contribution in [0.15, 0.2) is 78.0 Å². The zero-order chi connectivity index (χ0) is 21.1. The van der Waals surface area contributed by atoms with E-state index in [9.17, 15) is 10.1 Å². The predicted molar refractivity (Wildman–Crippen MR) is 119 cm³/mol. The van der Waals surface area contributed by atoms with Gasteiger partial charge in [0.15, 0.2) is 11.0 Å². The second-order valence-corrected chi connectivity index (χ2v) is 8.09. The molecular formula is C21H14Cl2N4O2S. The summed E-state index contributed by atoms with van der Waals surface area (Å²) in [7, 11) is 0. The lowest BCUT2D eigenvalue weighted by Crippen LogP contribution is -2.00. The molecular weight excluding hydrogens is 443 g/mol. The maximum atomic E-state index is 11.0. The van der Waals surface area contributed by atoms with E-state index in [-0.39, 0.29) is 5.69 Å². The molecule has 3 aromatic carbocycles. The minimum atomic E-state index is -0.428. The van der Waals surface area contributed by atoms with Crippen molar-refractivity contribution in [2.45, 2.75) is 10.9 Å². The Morgan fingerprint density at radius 3 is 2.37 bits per heavy atom. The minimum Gasteiger partial charge on any atom is -0.270 e. The van der Waals surface area contributed by atoms with Crippen LogP contribution in [0.25, 0.3) is 17.1 Å². The highest BCUT2D eigenvalue weighted by molar-refractivity contribution is 7.98. The molecule has 0 bridgehead atoms. The van der Waals surface area contributed by atoms with Gasteiger partial charge in [-0.1, -0.05) is 59.2 Å². The molecule has 1 aromatic heterocycles. The first-order valence-corrected chi connectivity index (χ1v) is 10.6. The number of nitrogens with zero attached hydrogens (tertiary/aromatic N) is 4. The van der Waals surface area contributed by atoms with Gasteiger partial charge in [0.1, 0.15) is 0 Å². The third-order valence-corrected chi connectivity index (χ3v) is 5.92. The number of rotatable bonds is 6. The molecule has 4 aromatic rings. The van der Waals surface area contributed by atoms with Crippen LogP contribution in [0.4, 0.5) is 5.69 Å². The van der Waals surface area contributed by atoms with E-state index in [4.69, 9.17) is 23.2 Å². The standard InChI is InChI=1S/C21H14Cl2N4O2S/c22-16-9-6-15(19(23)12-16)13-30-21-25-24-20(26(21)17-4-2-1-3-5-17)14-7-10-18(11-8-14)27(28)29/h1-12H,13H2. The van der Waals surface area contributed by atoms with Crippen molar-refractivity contribution in [1.82, 2.24) is 14.8 Å². The highest BCUT2D eigenvalue weighted by Crippen LogP contribution is 2.32. The van der Waals surface area contributed by atoms with Crippen molar-refractivity contribution in [3.8, 4) is 17.1 Å². The van der Waals surface area contributed by atoms with Gasteiger partial charge < -0.3 is 0 Å². The number of nitro groups is 1. The summed E-state index contributed by atoms with van der Waals surface area (Å²) < 4.78 is 1.93. The zero-order valence-electron chi connectivity index (χ0n) is 15.4. The molecule has 30 heavy (non-hydrogen) atoms. The minimum absolute atomic E-state index is 0.0245. The van der Waals surface area contributed by atoms with E-state index in [2.05, 4.69) is 10.2 Å². The summed E-state index contributed by atoms with van der Waals surface area (Å²) in [5.41, 5.74) is 2.58. The summed E-state index contributed by atoms with van der Waals surface area (Å²) in [6, 6.07) is 21.4. The number of aromatic nitrogens is 3. The number of para-hydroxylation sites is 1. The van der Waals surface area contributed by atoms with Crippen LogP contribution < -0.4 is 0 Å². The third kappa shape index (κ3) is 4.33. The monoisotopic (exact) mass is 456 g/mol. The van der Waals surface area contributed by atoms with Crippen molar-refractivity contribution in [2.24, 2.45) is 0 Å². The smallest absolute Gasteiger partial charge is 0.269 e. The van der Waals surface area contributed by atoms with Crippen LogP contribution >= 0.6 is 35.0 Å². The molecule has 9 heteroatoms. The molecule has 0 atom stereocenters. The quantitative estimate of drug-likeness (QED) is 0.189. The van der Waals surface area contributed by atoms with Crippen LogP contribution in [0.1, 0.15) is 5.56 Å². The Morgan fingerprint density at radius 1 is 0.967 bits per heavy atom. The number of hydrogen-bond donors (Lipinski definition) is 0. The van der Waals surface area contributed by atoms with Crippen molar-refractivity contribution < 1.29 is 4.92 Å². The molecule has 0 unspecified atom stereocenters. The van der Waals surface area contributed by atoms with Crippen molar-refractivity contribution in [3.05, 3.63) is 98.5 Å². The van der Waals surface area contributed by atoms with Crippen molar-refractivity contribution in [3.63, 3.8) is 0 Å². The fraction of sp³-hybridized carbons (Fsp3) is 0.0476. The number of thioether (sulfide) groups is 1. The van der Waals surface area contributed by atoms with Gasteiger partial charge in [0.2, 0.25) is 0 Å². The van der Waals surface area contributed by atoms with Crippen molar-refractivity contribution >= 4 is 40.7 Å². The maximum Gasteiger partial charge on any atom is 0.269 e. The SMILES string of the molecule is O=[N+]([O-])c1ccc(-c2nnc(SCc3ccc(Cl)cc3Cl)n2-c2ccccc2)cc1. The molecule has 0 aliphatic carbocycles. The van der Waals surface area contributed by atoms with E-state index in [0.717, 1.165) is 16.8 Å². The van der Waals surface area contributed by atoms with Gasteiger partial charge in [-0.15, -0.1) is 10.2 Å². The Bertz CT molecular complexity index is 1200. The average Bonchev–Trinajstić information content (AvgIpc) is 3.18. The van der Waals surface area contributed by atoms with E-state index < -0.39 is 4.92 Å². The number of halogens is 2. The normalized spacial score (nSPS) is 10.9. The number of nitro benzene ring substituents is 1. The summed E-state index contributed by atoms with van der Waals surface area (Å²) in [6.07, 6.45) is 0. The van der Waals surface area contributed by atoms with Crippen LogP contribution in [0.5, 0.6) is 0 Å². The topological polar surface area (TPSA) is 73.8 Å². The van der Waals surface area contributed by atoms with E-state index in [1.54, 1.807) is 24.3 Å². The van der Waals surface area contributed by atoms with E-state index in [1.165, 1.54) is 23.9 Å². The molecule has 0 aliphatic heterocycles. The molecule has 150 valence electrons. The van der Waals surface area contributed by atoms with Crippen molar-refractivity contribution in [1.29, 1.82) is 0 Å². The third-order valence-electron chi connectivity index (χ3n) is 4.36. The predicted octanol–water partition coefficient (Wildman–Crippen LogP) is 6.44. The molecule has 6 nitrogen and oxygen atoms in total. The van der Waals surface area contributed by atoms with Crippen LogP contribution in [-0.4, -0.2) is 19.7 Å². The number of hydrogen-bond acceptors (Lipinski definition) is 5. The van der Waals surface area contributed by atoms with Gasteiger partial charge in [0.25, 0.3) is 5.69 Å². The lowest BCUT2D eigenvalue weighted by atomic mass is 10.2. The first-order chi connectivity index (χ1) is 14.5. The first kappa shape index (κ1) is 20.4. The van der Waals surface area contributed by atoms with Gasteiger partial charge in [0.05, 0.1) is 4.92 Å². The Morgan fingerprint density at radius 2 is 1.70 bits per heavy atom. The van der Waals surface area contributed by atoms with E-state index in [1.807, 2.05) is 41.0 Å². The van der Waals surface area contributed by atoms with E-state index >= 15 is 0 Å². The Kier molecular flexibility index (Phi) is 6.03. The molecule has 0 saturated heterocycles. The van der Waals surface area contributed by atoms with Crippen LogP contribution in [0, 0.1) is 10.1 Å². The van der Waals surface area contributed by atoms with Crippen LogP contribution in [0.2, 0.25) is 10.0 Å². The largest absolute Gasteiger partial charge is 0.270 e. The molecule has 0 fully saturated rings. The molecule has 0 N–H and O–H groups in total. The van der Waals surface area contributed by atoms with Gasteiger partial charge >= 0.3 is 0 Å². The second kappa shape index (κ2) is 8.87. The van der Waals surface area contributed by atoms with Gasteiger partial charge in [-0.05, 0) is 42.0 Å². The van der Waals surface area contributed by atoms with Gasteiger partial charge in [-0.2, -0.15) is 0 Å². The van der Waals surface area contributed by atoms with Gasteiger partial charge in [-0.3, -0.25) is 14.7 Å². The highest BCUT2D eigenvalue weighted by atomic mass is 35.5. The molecule has 0 spiro atoms. The zero-order valence-corrected chi connectivity index (χ0v) is 17.7. The first-order valence-electron chi connectivity index (χ1n) is 8.85. The molecule has 0 aliphatic rings. The van der Waals surface area contributed by atoms with Gasteiger partial charge in [-0.25, -0.2) is 0 Å². The Labute approximate surface area is 186 Å². The van der Waals surface area contributed by atoms with Crippen molar-refractivity contribution in [2.75, 3.05) is 0 Å². The summed E-state index contributed by atoms with van der Waals surface area (Å²) in [5, 5.41) is 21.5. The summed E-state index contributed by atoms with van der Waals surface area (Å²) in [5.74, 6) is 1.18. The fourth-order valence-electron chi connectivity index (χ4n) is 2.87. The second-order valence-electron chi connectivity index (χ2n) is 6.31. The molecule has 0 saturated carbocycles. The summed E-state index contributed by atoms with van der Waals surface area (Å²) >= 11 is 13.8. The molecule has 4 rings (SSSR count). The van der Waals surface area contributed by atoms with E-state index in [0.29, 0.717) is 26.8 Å². The fourth-order valence-corrected chi connectivity index (χ4v) is 4.38. The number of non-ortho nitro benzene ring substituents is 1. The molecule has 1 heterocycles. The highest BCUT2D eigenvalue weighted by Gasteiger charge is 2.17. The number of benzene rings is 3. The van der Waals surface area contributed by atoms with Crippen LogP contribution in [-0.2, 0) is 5.75 Å². The van der Waals surface area contributed by atoms with Gasteiger partial charge in [0, 0.05) is 39.2 Å². The lowest BCUT2D eigenvalue weighted by Gasteiger charge is -2.11. The van der Waals surface area contributed by atoms with Crippen LogP contribution in [0.3, 0.4) is 0 Å².